The molecule has 2 aromatic heterocycles. The fraction of sp³-hybridized carbons (Fsp3) is 0.240. The highest BCUT2D eigenvalue weighted by molar-refractivity contribution is 6.31. The lowest BCUT2D eigenvalue weighted by atomic mass is 9.99. The molecule has 4 N–H and O–H groups in total. The van der Waals surface area contributed by atoms with E-state index in [0.29, 0.717) is 12.1 Å². The Morgan fingerprint density at radius 1 is 0.969 bits per heavy atom. The number of phenols is 1. The van der Waals surface area contributed by atoms with E-state index >= 15 is 0 Å². The normalized spacial score (nSPS) is 17.7. The van der Waals surface area contributed by atoms with Gasteiger partial charge < -0.3 is 30.2 Å². The van der Waals surface area contributed by atoms with Gasteiger partial charge in [0.2, 0.25) is 0 Å². The third kappa shape index (κ3) is 2.97. The lowest BCUT2D eigenvalue weighted by molar-refractivity contribution is -0.114. The summed E-state index contributed by atoms with van der Waals surface area (Å²) in [5, 5.41) is 15.0. The zero-order chi connectivity index (χ0) is 21.8. The van der Waals surface area contributed by atoms with Crippen molar-refractivity contribution in [2.45, 2.75) is 0 Å². The van der Waals surface area contributed by atoms with Gasteiger partial charge in [-0.2, -0.15) is 0 Å². The number of H-pyrrole nitrogens is 2. The number of benzene rings is 2. The van der Waals surface area contributed by atoms with Gasteiger partial charge in [-0.25, -0.2) is 0 Å². The first-order valence-corrected chi connectivity index (χ1v) is 11.0. The molecule has 2 aliphatic heterocycles. The number of fused-ring (bicyclic) bond motifs is 2. The second-order valence-corrected chi connectivity index (χ2v) is 8.68. The average molecular weight is 428 g/mol. The smallest absolute Gasteiger partial charge is 0.254 e. The van der Waals surface area contributed by atoms with Crippen LogP contribution >= 0.6 is 0 Å². The fourth-order valence-electron chi connectivity index (χ4n) is 4.95. The number of hydrogen-bond donors (Lipinski definition) is 4. The molecule has 0 saturated carbocycles. The molecule has 2 aromatic carbocycles. The predicted octanol–water partition coefficient (Wildman–Crippen LogP) is 3.15. The molecule has 2 aliphatic rings. The first-order valence-electron chi connectivity index (χ1n) is 11.0. The third-order valence-electron chi connectivity index (χ3n) is 6.70. The van der Waals surface area contributed by atoms with Crippen LogP contribution < -0.4 is 10.2 Å². The minimum atomic E-state index is -0.0813. The Kier molecular flexibility index (Phi) is 4.26. The van der Waals surface area contributed by atoms with Crippen LogP contribution in [-0.2, 0) is 4.79 Å². The second-order valence-electron chi connectivity index (χ2n) is 8.68. The van der Waals surface area contributed by atoms with Crippen LogP contribution in [-0.4, -0.2) is 65.7 Å². The van der Waals surface area contributed by atoms with Crippen LogP contribution in [0.1, 0.15) is 11.3 Å². The van der Waals surface area contributed by atoms with Crippen molar-refractivity contribution in [2.75, 3.05) is 44.7 Å². The molecule has 1 fully saturated rings. The molecule has 162 valence electrons. The molecule has 6 rings (SSSR count). The molecular weight excluding hydrogens is 402 g/mol. The van der Waals surface area contributed by atoms with Gasteiger partial charge in [0.25, 0.3) is 5.91 Å². The molecule has 0 radical (unpaired) electrons. The number of phenolic OH excluding ortho intramolecular Hbond substituents is 1. The summed E-state index contributed by atoms with van der Waals surface area (Å²) in [6, 6.07) is 13.7. The quantitative estimate of drug-likeness (QED) is 0.405. The van der Waals surface area contributed by atoms with Crippen LogP contribution in [0.3, 0.4) is 0 Å². The van der Waals surface area contributed by atoms with Crippen molar-refractivity contribution in [3.63, 3.8) is 0 Å². The Bertz CT molecular complexity index is 1390. The van der Waals surface area contributed by atoms with Gasteiger partial charge in [0.05, 0.1) is 11.3 Å². The number of hydrogen-bond acceptors (Lipinski definition) is 4. The van der Waals surface area contributed by atoms with Gasteiger partial charge in [-0.15, -0.1) is 0 Å². The summed E-state index contributed by atoms with van der Waals surface area (Å²) in [6.07, 6.45) is 1.91. The topological polar surface area (TPSA) is 87.4 Å². The Morgan fingerprint density at radius 3 is 2.66 bits per heavy atom. The van der Waals surface area contributed by atoms with Gasteiger partial charge >= 0.3 is 0 Å². The van der Waals surface area contributed by atoms with Crippen molar-refractivity contribution in [1.29, 1.82) is 0 Å². The van der Waals surface area contributed by atoms with Crippen LogP contribution in [0.25, 0.3) is 33.0 Å². The van der Waals surface area contributed by atoms with Gasteiger partial charge in [0.15, 0.2) is 0 Å². The molecule has 0 unspecified atom stereocenters. The molecule has 1 amide bonds. The molecule has 0 atom stereocenters. The van der Waals surface area contributed by atoms with E-state index in [1.807, 2.05) is 12.3 Å². The summed E-state index contributed by atoms with van der Waals surface area (Å²) in [7, 11) is 2.16. The number of aromatic nitrogens is 2. The van der Waals surface area contributed by atoms with Crippen LogP contribution in [0.2, 0.25) is 0 Å². The minimum absolute atomic E-state index is 0.0813. The van der Waals surface area contributed by atoms with Crippen molar-refractivity contribution in [1.82, 2.24) is 20.2 Å². The Hall–Kier alpha value is -3.71. The predicted molar refractivity (Wildman–Crippen MR) is 128 cm³/mol. The first kappa shape index (κ1) is 19.0. The molecule has 1 saturated heterocycles. The summed E-state index contributed by atoms with van der Waals surface area (Å²) in [4.78, 5) is 24.4. The SMILES string of the molecule is CN1CCN(c2cccc3[nH]c(C4=C(c5c[nH]c6ccc(O)cc56)CNC4=O)cc23)CC1. The van der Waals surface area contributed by atoms with Crippen LogP contribution in [0, 0.1) is 0 Å². The lowest BCUT2D eigenvalue weighted by Crippen LogP contribution is -2.44. The minimum Gasteiger partial charge on any atom is -0.508 e. The molecule has 4 heterocycles. The zero-order valence-electron chi connectivity index (χ0n) is 17.9. The fourth-order valence-corrected chi connectivity index (χ4v) is 4.95. The lowest BCUT2D eigenvalue weighted by Gasteiger charge is -2.34. The van der Waals surface area contributed by atoms with E-state index in [0.717, 1.165) is 64.8 Å². The summed E-state index contributed by atoms with van der Waals surface area (Å²) >= 11 is 0. The van der Waals surface area contributed by atoms with E-state index in [1.54, 1.807) is 12.1 Å². The number of nitrogens with zero attached hydrogens (tertiary/aromatic N) is 2. The molecule has 7 nitrogen and oxygen atoms in total. The van der Waals surface area contributed by atoms with E-state index in [9.17, 15) is 9.90 Å². The summed E-state index contributed by atoms with van der Waals surface area (Å²) in [5.74, 6) is 0.127. The number of likely N-dealkylation sites (N-methyl/N-ethyl adjacent to an activating group) is 1. The summed E-state index contributed by atoms with van der Waals surface area (Å²) in [5.41, 5.74) is 6.51. The van der Waals surface area contributed by atoms with Gasteiger partial charge in [0.1, 0.15) is 5.75 Å². The van der Waals surface area contributed by atoms with Crippen molar-refractivity contribution >= 4 is 44.5 Å². The monoisotopic (exact) mass is 427 g/mol. The largest absolute Gasteiger partial charge is 0.508 e. The number of carbonyl (C=O) groups is 1. The average Bonchev–Trinajstić information content (AvgIpc) is 3.49. The number of rotatable bonds is 3. The number of anilines is 1. The summed E-state index contributed by atoms with van der Waals surface area (Å²) < 4.78 is 0. The maximum Gasteiger partial charge on any atom is 0.254 e. The molecule has 0 aliphatic carbocycles. The first-order chi connectivity index (χ1) is 15.6. The van der Waals surface area contributed by atoms with E-state index in [1.165, 1.54) is 5.69 Å². The maximum absolute atomic E-state index is 12.9. The van der Waals surface area contributed by atoms with Crippen molar-refractivity contribution in [2.24, 2.45) is 0 Å². The number of nitrogens with one attached hydrogen (secondary N) is 3. The highest BCUT2D eigenvalue weighted by Gasteiger charge is 2.28. The third-order valence-corrected chi connectivity index (χ3v) is 6.70. The van der Waals surface area contributed by atoms with E-state index in [4.69, 9.17) is 0 Å². The van der Waals surface area contributed by atoms with Crippen LogP contribution in [0.4, 0.5) is 5.69 Å². The highest BCUT2D eigenvalue weighted by atomic mass is 16.3. The molecule has 7 heteroatoms. The molecular formula is C25H25N5O2. The number of aromatic hydroxyl groups is 1. The van der Waals surface area contributed by atoms with Gasteiger partial charge in [0, 0.05) is 72.0 Å². The summed E-state index contributed by atoms with van der Waals surface area (Å²) in [6.45, 7) is 4.52. The second kappa shape index (κ2) is 7.17. The number of aromatic amines is 2. The van der Waals surface area contributed by atoms with E-state index < -0.39 is 0 Å². The molecule has 32 heavy (non-hydrogen) atoms. The highest BCUT2D eigenvalue weighted by Crippen LogP contribution is 2.37. The van der Waals surface area contributed by atoms with E-state index in [2.05, 4.69) is 56.4 Å². The van der Waals surface area contributed by atoms with Gasteiger partial charge in [-0.05, 0) is 49.0 Å². The molecule has 0 bridgehead atoms. The Balaban J connectivity index is 1.48. The van der Waals surface area contributed by atoms with Gasteiger partial charge in [-0.1, -0.05) is 6.07 Å². The van der Waals surface area contributed by atoms with Crippen LogP contribution in [0.15, 0.2) is 48.7 Å². The molecule has 4 aromatic rings. The Labute approximate surface area is 185 Å². The standard InChI is InChI=1S/C25H25N5O2/c1-29-7-9-30(10-8-29)23-4-2-3-21-17(23)12-22(28-21)24-19(14-27-25(24)32)18-13-26-20-6-5-15(31)11-16(18)20/h2-6,11-13,26,28,31H,7-10,14H2,1H3,(H,27,32). The maximum atomic E-state index is 12.9. The molecule has 0 spiro atoms. The zero-order valence-corrected chi connectivity index (χ0v) is 17.9. The number of piperazine rings is 1. The van der Waals surface area contributed by atoms with Gasteiger partial charge in [-0.3, -0.25) is 4.79 Å². The van der Waals surface area contributed by atoms with Crippen molar-refractivity contribution in [3.8, 4) is 5.75 Å². The Morgan fingerprint density at radius 2 is 1.81 bits per heavy atom. The van der Waals surface area contributed by atoms with Crippen molar-refractivity contribution < 1.29 is 9.90 Å². The van der Waals surface area contributed by atoms with Crippen LogP contribution in [0.5, 0.6) is 5.75 Å². The van der Waals surface area contributed by atoms with E-state index in [-0.39, 0.29) is 11.7 Å². The number of amides is 1. The van der Waals surface area contributed by atoms with Crippen molar-refractivity contribution in [3.05, 3.63) is 59.9 Å². The number of carbonyl (C=O) groups excluding carboxylic acids is 1.